The van der Waals surface area contributed by atoms with Gasteiger partial charge in [0.1, 0.15) is 5.82 Å². The van der Waals surface area contributed by atoms with E-state index in [4.69, 9.17) is 10.1 Å². The highest BCUT2D eigenvalue weighted by Crippen LogP contribution is 2.28. The monoisotopic (exact) mass is 533 g/mol. The fraction of sp³-hybridized carbons (Fsp3) is 0.435. The van der Waals surface area contributed by atoms with Gasteiger partial charge in [-0.15, -0.1) is 24.0 Å². The molecule has 2 heterocycles. The summed E-state index contributed by atoms with van der Waals surface area (Å²) in [6.07, 6.45) is 9.09. The SMILES string of the molecule is CCNC(=NCc1ccn(C2CCCC2)n1)N(C)Cc1ncc(-c2ccccc2)[nH]1.I. The quantitative estimate of drug-likeness (QED) is 0.265. The van der Waals surface area contributed by atoms with Gasteiger partial charge in [0.25, 0.3) is 0 Å². The Bertz CT molecular complexity index is 957. The van der Waals surface area contributed by atoms with Crippen LogP contribution in [0.3, 0.4) is 0 Å². The number of hydrogen-bond acceptors (Lipinski definition) is 3. The summed E-state index contributed by atoms with van der Waals surface area (Å²) in [4.78, 5) is 14.8. The average molecular weight is 533 g/mol. The smallest absolute Gasteiger partial charge is 0.194 e. The molecule has 0 spiro atoms. The summed E-state index contributed by atoms with van der Waals surface area (Å²) in [6.45, 7) is 4.11. The Morgan fingerprint density at radius 2 is 2.00 bits per heavy atom. The zero-order chi connectivity index (χ0) is 20.8. The van der Waals surface area contributed by atoms with Crippen molar-refractivity contribution in [3.05, 3.63) is 60.3 Å². The lowest BCUT2D eigenvalue weighted by Crippen LogP contribution is -2.38. The van der Waals surface area contributed by atoms with Gasteiger partial charge >= 0.3 is 0 Å². The fourth-order valence-corrected chi connectivity index (χ4v) is 3.97. The molecule has 7 nitrogen and oxygen atoms in total. The van der Waals surface area contributed by atoms with Crippen molar-refractivity contribution >= 4 is 29.9 Å². The number of nitrogens with one attached hydrogen (secondary N) is 2. The molecule has 2 aromatic heterocycles. The second-order valence-corrected chi connectivity index (χ2v) is 7.86. The van der Waals surface area contributed by atoms with Crippen molar-refractivity contribution in [1.82, 2.24) is 30.0 Å². The molecule has 4 rings (SSSR count). The summed E-state index contributed by atoms with van der Waals surface area (Å²) in [6, 6.07) is 12.9. The topological polar surface area (TPSA) is 74.1 Å². The number of aromatic amines is 1. The zero-order valence-electron chi connectivity index (χ0n) is 18.3. The van der Waals surface area contributed by atoms with Crippen LogP contribution in [0.5, 0.6) is 0 Å². The van der Waals surface area contributed by atoms with Gasteiger partial charge in [-0.3, -0.25) is 4.68 Å². The molecule has 0 bridgehead atoms. The summed E-state index contributed by atoms with van der Waals surface area (Å²) in [5.74, 6) is 1.76. The number of guanidine groups is 1. The molecule has 0 radical (unpaired) electrons. The number of benzene rings is 1. The fourth-order valence-electron chi connectivity index (χ4n) is 3.97. The molecule has 8 heteroatoms. The Morgan fingerprint density at radius 3 is 2.74 bits per heavy atom. The number of halogens is 1. The van der Waals surface area contributed by atoms with E-state index in [-0.39, 0.29) is 24.0 Å². The first kappa shape index (κ1) is 23.3. The van der Waals surface area contributed by atoms with Crippen molar-refractivity contribution in [1.29, 1.82) is 0 Å². The molecule has 2 N–H and O–H groups in total. The molecular weight excluding hydrogens is 501 g/mol. The lowest BCUT2D eigenvalue weighted by molar-refractivity contribution is 0.458. The summed E-state index contributed by atoms with van der Waals surface area (Å²) in [7, 11) is 2.03. The second kappa shape index (κ2) is 11.3. The Morgan fingerprint density at radius 1 is 1.23 bits per heavy atom. The van der Waals surface area contributed by atoms with Crippen LogP contribution in [0.15, 0.2) is 53.8 Å². The van der Waals surface area contributed by atoms with Crippen LogP contribution in [0, 0.1) is 0 Å². The molecule has 0 atom stereocenters. The van der Waals surface area contributed by atoms with E-state index < -0.39 is 0 Å². The van der Waals surface area contributed by atoms with Crippen LogP contribution in [-0.2, 0) is 13.1 Å². The van der Waals surface area contributed by atoms with Crippen LogP contribution in [-0.4, -0.2) is 44.2 Å². The Kier molecular flexibility index (Phi) is 8.51. The van der Waals surface area contributed by atoms with Crippen molar-refractivity contribution in [2.45, 2.75) is 51.7 Å². The minimum Gasteiger partial charge on any atom is -0.357 e. The average Bonchev–Trinajstić information content (AvgIpc) is 3.53. The van der Waals surface area contributed by atoms with Crippen molar-refractivity contribution in [2.75, 3.05) is 13.6 Å². The maximum Gasteiger partial charge on any atom is 0.194 e. The van der Waals surface area contributed by atoms with Gasteiger partial charge in [0.2, 0.25) is 0 Å². The molecule has 1 fully saturated rings. The number of nitrogens with zero attached hydrogens (tertiary/aromatic N) is 5. The number of imidazole rings is 1. The first-order valence-corrected chi connectivity index (χ1v) is 10.9. The Balaban J connectivity index is 0.00000272. The predicted octanol–water partition coefficient (Wildman–Crippen LogP) is 4.60. The largest absolute Gasteiger partial charge is 0.357 e. The van der Waals surface area contributed by atoms with Crippen molar-refractivity contribution in [3.8, 4) is 11.3 Å². The molecule has 1 saturated carbocycles. The molecule has 1 aromatic carbocycles. The van der Waals surface area contributed by atoms with Crippen molar-refractivity contribution in [3.63, 3.8) is 0 Å². The van der Waals surface area contributed by atoms with Gasteiger partial charge in [-0.05, 0) is 31.4 Å². The number of aliphatic imine (C=N–C) groups is 1. The van der Waals surface area contributed by atoms with E-state index in [1.807, 2.05) is 31.4 Å². The normalized spacial score (nSPS) is 14.5. The van der Waals surface area contributed by atoms with E-state index in [0.717, 1.165) is 35.3 Å². The molecule has 0 saturated heterocycles. The van der Waals surface area contributed by atoms with Gasteiger partial charge in [-0.1, -0.05) is 43.2 Å². The van der Waals surface area contributed by atoms with Gasteiger partial charge in [0.15, 0.2) is 5.96 Å². The molecule has 166 valence electrons. The number of rotatable bonds is 7. The minimum atomic E-state index is 0. The predicted molar refractivity (Wildman–Crippen MR) is 135 cm³/mol. The Hall–Kier alpha value is -2.36. The van der Waals surface area contributed by atoms with E-state index in [0.29, 0.717) is 19.1 Å². The minimum absolute atomic E-state index is 0. The maximum atomic E-state index is 4.80. The van der Waals surface area contributed by atoms with Crippen LogP contribution in [0.2, 0.25) is 0 Å². The lowest BCUT2D eigenvalue weighted by atomic mass is 10.2. The van der Waals surface area contributed by atoms with Gasteiger partial charge in [-0.25, -0.2) is 9.98 Å². The highest BCUT2D eigenvalue weighted by Gasteiger charge is 2.17. The van der Waals surface area contributed by atoms with Gasteiger partial charge < -0.3 is 15.2 Å². The molecule has 1 aliphatic rings. The summed E-state index contributed by atoms with van der Waals surface area (Å²) in [5.41, 5.74) is 3.17. The number of hydrogen-bond donors (Lipinski definition) is 2. The molecule has 31 heavy (non-hydrogen) atoms. The number of H-pyrrole nitrogens is 1. The van der Waals surface area contributed by atoms with E-state index in [9.17, 15) is 0 Å². The lowest BCUT2D eigenvalue weighted by Gasteiger charge is -2.20. The third-order valence-corrected chi connectivity index (χ3v) is 5.55. The molecule has 0 amide bonds. The van der Waals surface area contributed by atoms with E-state index >= 15 is 0 Å². The zero-order valence-corrected chi connectivity index (χ0v) is 20.6. The van der Waals surface area contributed by atoms with Crippen LogP contribution in [0.1, 0.15) is 50.2 Å². The number of aromatic nitrogens is 4. The third-order valence-electron chi connectivity index (χ3n) is 5.55. The molecule has 0 aliphatic heterocycles. The van der Waals surface area contributed by atoms with Crippen LogP contribution in [0.25, 0.3) is 11.3 Å². The first-order chi connectivity index (χ1) is 14.7. The third kappa shape index (κ3) is 6.09. The Labute approximate surface area is 201 Å². The van der Waals surface area contributed by atoms with E-state index in [2.05, 4.69) is 56.2 Å². The second-order valence-electron chi connectivity index (χ2n) is 7.86. The van der Waals surface area contributed by atoms with Gasteiger partial charge in [0.05, 0.1) is 36.7 Å². The highest BCUT2D eigenvalue weighted by atomic mass is 127. The van der Waals surface area contributed by atoms with Gasteiger partial charge in [-0.2, -0.15) is 5.10 Å². The highest BCUT2D eigenvalue weighted by molar-refractivity contribution is 14.0. The first-order valence-electron chi connectivity index (χ1n) is 10.9. The summed E-state index contributed by atoms with van der Waals surface area (Å²) < 4.78 is 2.13. The van der Waals surface area contributed by atoms with Crippen LogP contribution >= 0.6 is 24.0 Å². The summed E-state index contributed by atoms with van der Waals surface area (Å²) >= 11 is 0. The molecule has 0 unspecified atom stereocenters. The molecule has 3 aromatic rings. The van der Waals surface area contributed by atoms with Crippen LogP contribution in [0.4, 0.5) is 0 Å². The van der Waals surface area contributed by atoms with E-state index in [1.165, 1.54) is 25.7 Å². The van der Waals surface area contributed by atoms with E-state index in [1.54, 1.807) is 0 Å². The molecular formula is C23H32IN7. The standard InChI is InChI=1S/C23H31N7.HI/c1-3-24-23(26-15-19-13-14-30(28-19)20-11-7-8-12-20)29(2)17-22-25-16-21(27-22)18-9-5-4-6-10-18;/h4-6,9-10,13-14,16,20H,3,7-8,11-12,15,17H2,1-2H3,(H,24,26)(H,25,27);1H. The van der Waals surface area contributed by atoms with Crippen molar-refractivity contribution < 1.29 is 0 Å². The maximum absolute atomic E-state index is 4.80. The van der Waals surface area contributed by atoms with Crippen molar-refractivity contribution in [2.24, 2.45) is 4.99 Å². The van der Waals surface area contributed by atoms with Crippen LogP contribution < -0.4 is 5.32 Å². The summed E-state index contributed by atoms with van der Waals surface area (Å²) in [5, 5.41) is 8.12. The molecule has 1 aliphatic carbocycles. The van der Waals surface area contributed by atoms with Gasteiger partial charge in [0, 0.05) is 19.8 Å².